The minimum absolute atomic E-state index is 0.162. The summed E-state index contributed by atoms with van der Waals surface area (Å²) in [5, 5.41) is 28.7. The van der Waals surface area contributed by atoms with E-state index in [-0.39, 0.29) is 25.0 Å². The summed E-state index contributed by atoms with van der Waals surface area (Å²) in [7, 11) is 1.98. The number of nitrogens with one attached hydrogen (secondary N) is 2. The Morgan fingerprint density at radius 2 is 1.74 bits per heavy atom. The summed E-state index contributed by atoms with van der Waals surface area (Å²) in [4.78, 5) is 34.0. The topological polar surface area (TPSA) is 114 Å². The molecule has 1 heterocycles. The maximum Gasteiger partial charge on any atom is 0.251 e. The smallest absolute Gasteiger partial charge is 0.251 e. The van der Waals surface area contributed by atoms with Crippen LogP contribution in [0.4, 0.5) is 5.69 Å². The zero-order chi connectivity index (χ0) is 30.1. The van der Waals surface area contributed by atoms with E-state index in [4.69, 9.17) is 16.4 Å². The molecule has 0 spiro atoms. The molecule has 42 heavy (non-hydrogen) atoms. The van der Waals surface area contributed by atoms with Gasteiger partial charge in [-0.3, -0.25) is 14.4 Å². The van der Waals surface area contributed by atoms with Crippen LogP contribution < -0.4 is 15.5 Å². The molecule has 9 nitrogen and oxygen atoms in total. The van der Waals surface area contributed by atoms with Gasteiger partial charge in [0.15, 0.2) is 0 Å². The van der Waals surface area contributed by atoms with Crippen molar-refractivity contribution in [1.82, 2.24) is 15.7 Å². The van der Waals surface area contributed by atoms with Gasteiger partial charge in [0, 0.05) is 48.9 Å². The van der Waals surface area contributed by atoms with Crippen LogP contribution in [0.1, 0.15) is 34.8 Å². The van der Waals surface area contributed by atoms with Crippen LogP contribution in [0.2, 0.25) is 5.02 Å². The van der Waals surface area contributed by atoms with Crippen molar-refractivity contribution in [3.63, 3.8) is 0 Å². The molecule has 0 saturated carbocycles. The fourth-order valence-electron chi connectivity index (χ4n) is 5.22. The second-order valence-corrected chi connectivity index (χ2v) is 11.0. The molecule has 224 valence electrons. The Kier molecular flexibility index (Phi) is 11.3. The first-order valence-electron chi connectivity index (χ1n) is 14.1. The molecule has 4 N–H and O–H groups in total. The first-order chi connectivity index (χ1) is 20.3. The lowest BCUT2D eigenvalue weighted by atomic mass is 9.89. The molecule has 0 bridgehead atoms. The van der Waals surface area contributed by atoms with Gasteiger partial charge in [0.05, 0.1) is 19.3 Å². The predicted octanol–water partition coefficient (Wildman–Crippen LogP) is 3.39. The van der Waals surface area contributed by atoms with Gasteiger partial charge in [-0.1, -0.05) is 54.1 Å². The molecule has 3 aromatic rings. The number of hydrogen-bond acceptors (Lipinski definition) is 7. The predicted molar refractivity (Wildman–Crippen MR) is 163 cm³/mol. The fourth-order valence-corrected chi connectivity index (χ4v) is 5.35. The number of carbonyl (C=O) groups is 2. The van der Waals surface area contributed by atoms with Crippen molar-refractivity contribution < 1.29 is 24.6 Å². The number of nitrogens with zero attached hydrogens (tertiary/aromatic N) is 2. The number of anilines is 1. The van der Waals surface area contributed by atoms with Crippen molar-refractivity contribution in [1.29, 1.82) is 0 Å². The number of carbonyl (C=O) groups excluding carboxylic acids is 2. The van der Waals surface area contributed by atoms with Crippen LogP contribution in [0.15, 0.2) is 78.9 Å². The van der Waals surface area contributed by atoms with Crippen LogP contribution >= 0.6 is 11.6 Å². The molecule has 2 amide bonds. The molecular formula is C32H39ClN4O5. The number of halogens is 1. The maximum atomic E-state index is 13.5. The highest BCUT2D eigenvalue weighted by Crippen LogP contribution is 2.32. The van der Waals surface area contributed by atoms with E-state index in [0.717, 1.165) is 23.4 Å². The van der Waals surface area contributed by atoms with Crippen LogP contribution in [0.5, 0.6) is 0 Å². The molecule has 1 saturated heterocycles. The molecular weight excluding hydrogens is 556 g/mol. The molecule has 0 aliphatic carbocycles. The SMILES string of the molecule is C[C@@H](O)[C@@H]1C(C(=O)NCCCN(C)c2ccc(Cl)cc2)N(Cc2cccc(CNC(=O)c3ccccc3)c2)O[C@@H]1CO. The van der Waals surface area contributed by atoms with E-state index in [1.807, 2.05) is 73.8 Å². The highest BCUT2D eigenvalue weighted by molar-refractivity contribution is 6.30. The van der Waals surface area contributed by atoms with Gasteiger partial charge >= 0.3 is 0 Å². The number of amides is 2. The van der Waals surface area contributed by atoms with E-state index >= 15 is 0 Å². The first kappa shape index (κ1) is 31.5. The number of aliphatic hydroxyl groups is 2. The third-order valence-corrected chi connectivity index (χ3v) is 7.69. The normalized spacial score (nSPS) is 19.3. The molecule has 1 fully saturated rings. The van der Waals surface area contributed by atoms with Gasteiger partial charge in [-0.15, -0.1) is 0 Å². The Hall–Kier alpha value is -3.47. The first-order valence-corrected chi connectivity index (χ1v) is 14.5. The number of benzene rings is 3. The highest BCUT2D eigenvalue weighted by atomic mass is 35.5. The second-order valence-electron chi connectivity index (χ2n) is 10.6. The van der Waals surface area contributed by atoms with E-state index in [2.05, 4.69) is 15.5 Å². The zero-order valence-electron chi connectivity index (χ0n) is 23.9. The van der Waals surface area contributed by atoms with E-state index in [9.17, 15) is 19.8 Å². The van der Waals surface area contributed by atoms with Crippen molar-refractivity contribution in [2.75, 3.05) is 31.6 Å². The molecule has 0 aromatic heterocycles. The number of aliphatic hydroxyl groups excluding tert-OH is 2. The van der Waals surface area contributed by atoms with E-state index in [1.54, 1.807) is 24.1 Å². The Labute approximate surface area is 252 Å². The van der Waals surface area contributed by atoms with Gasteiger partial charge in [0.25, 0.3) is 5.91 Å². The lowest BCUT2D eigenvalue weighted by Crippen LogP contribution is -2.49. The standard InChI is InChI=1S/C32H39ClN4O5/c1-22(39)29-28(21-38)42-37(30(29)32(41)34-16-7-17-36(2)27-14-12-26(33)13-15-27)20-24-9-6-8-23(18-24)19-35-31(40)25-10-4-3-5-11-25/h3-6,8-15,18,22,28-30,38-39H,7,16-17,19-21H2,1-2H3,(H,34,41)(H,35,40)/t22-,28-,29+,30?/m1/s1. The van der Waals surface area contributed by atoms with Crippen LogP contribution in [-0.2, 0) is 22.7 Å². The molecule has 4 atom stereocenters. The van der Waals surface area contributed by atoms with Crippen molar-refractivity contribution in [3.05, 3.63) is 101 Å². The lowest BCUT2D eigenvalue weighted by molar-refractivity contribution is -0.181. The molecule has 0 radical (unpaired) electrons. The average Bonchev–Trinajstić information content (AvgIpc) is 3.37. The van der Waals surface area contributed by atoms with Gasteiger partial charge < -0.3 is 25.7 Å². The third kappa shape index (κ3) is 8.30. The molecule has 1 aliphatic rings. The summed E-state index contributed by atoms with van der Waals surface area (Å²) in [6, 6.07) is 23.5. The van der Waals surface area contributed by atoms with Gasteiger partial charge in [0.1, 0.15) is 12.1 Å². The largest absolute Gasteiger partial charge is 0.394 e. The van der Waals surface area contributed by atoms with E-state index in [1.165, 1.54) is 0 Å². The van der Waals surface area contributed by atoms with E-state index < -0.39 is 24.2 Å². The van der Waals surface area contributed by atoms with Crippen molar-refractivity contribution >= 4 is 29.1 Å². The van der Waals surface area contributed by atoms with Crippen molar-refractivity contribution in [2.24, 2.45) is 5.92 Å². The van der Waals surface area contributed by atoms with Gasteiger partial charge in [-0.25, -0.2) is 0 Å². The minimum Gasteiger partial charge on any atom is -0.394 e. The average molecular weight is 595 g/mol. The molecule has 1 aliphatic heterocycles. The monoisotopic (exact) mass is 594 g/mol. The van der Waals surface area contributed by atoms with Gasteiger partial charge in [-0.2, -0.15) is 5.06 Å². The van der Waals surface area contributed by atoms with Gasteiger partial charge in [0.2, 0.25) is 5.91 Å². The number of rotatable bonds is 13. The van der Waals surface area contributed by atoms with Crippen LogP contribution in [-0.4, -0.2) is 72.1 Å². The van der Waals surface area contributed by atoms with Gasteiger partial charge in [-0.05, 0) is 60.9 Å². The summed E-state index contributed by atoms with van der Waals surface area (Å²) in [5.41, 5.74) is 3.38. The summed E-state index contributed by atoms with van der Waals surface area (Å²) in [5.74, 6) is -1.04. The quantitative estimate of drug-likeness (QED) is 0.224. The molecule has 1 unspecified atom stereocenters. The maximum absolute atomic E-state index is 13.5. The molecule has 10 heteroatoms. The summed E-state index contributed by atoms with van der Waals surface area (Å²) in [6.45, 7) is 3.04. The summed E-state index contributed by atoms with van der Waals surface area (Å²) < 4.78 is 0. The third-order valence-electron chi connectivity index (χ3n) is 7.44. The minimum atomic E-state index is -0.876. The van der Waals surface area contributed by atoms with Crippen molar-refractivity contribution in [3.8, 4) is 0 Å². The number of hydroxylamine groups is 2. The summed E-state index contributed by atoms with van der Waals surface area (Å²) >= 11 is 5.98. The van der Waals surface area contributed by atoms with Crippen LogP contribution in [0.25, 0.3) is 0 Å². The van der Waals surface area contributed by atoms with E-state index in [0.29, 0.717) is 30.1 Å². The summed E-state index contributed by atoms with van der Waals surface area (Å²) in [6.07, 6.45) is -0.888. The molecule has 4 rings (SSSR count). The highest BCUT2D eigenvalue weighted by Gasteiger charge is 2.49. The lowest BCUT2D eigenvalue weighted by Gasteiger charge is -2.27. The second kappa shape index (κ2) is 15.1. The zero-order valence-corrected chi connectivity index (χ0v) is 24.7. The van der Waals surface area contributed by atoms with Crippen LogP contribution in [0.3, 0.4) is 0 Å². The Balaban J connectivity index is 1.37. The Bertz CT molecular complexity index is 1310. The Morgan fingerprint density at radius 1 is 1.02 bits per heavy atom. The van der Waals surface area contributed by atoms with Crippen molar-refractivity contribution in [2.45, 2.75) is 44.7 Å². The number of hydrogen-bond donors (Lipinski definition) is 4. The molecule has 3 aromatic carbocycles. The Morgan fingerprint density at radius 3 is 2.43 bits per heavy atom. The van der Waals surface area contributed by atoms with Crippen LogP contribution in [0, 0.1) is 5.92 Å². The fraction of sp³-hybridized carbons (Fsp3) is 0.375.